The van der Waals surface area contributed by atoms with E-state index in [9.17, 15) is 4.79 Å². The van der Waals surface area contributed by atoms with Crippen LogP contribution in [0.4, 0.5) is 0 Å². The highest BCUT2D eigenvalue weighted by atomic mass is 16.5. The molecule has 0 bridgehead atoms. The first-order valence-corrected chi connectivity index (χ1v) is 11.8. The number of hydrogen-bond acceptors (Lipinski definition) is 5. The number of carbonyl (C=O) groups is 1. The molecule has 1 atom stereocenters. The number of likely N-dealkylation sites (tertiary alicyclic amines) is 2. The molecular weight excluding hydrogens is 402 g/mol. The first-order valence-electron chi connectivity index (χ1n) is 11.8. The van der Waals surface area contributed by atoms with Crippen molar-refractivity contribution in [1.82, 2.24) is 14.8 Å². The maximum absolute atomic E-state index is 13.0. The molecule has 1 spiro atoms. The molecule has 1 aromatic heterocycles. The molecule has 0 N–H and O–H groups in total. The average molecular weight is 436 g/mol. The van der Waals surface area contributed by atoms with Crippen molar-refractivity contribution in [2.45, 2.75) is 44.2 Å². The predicted molar refractivity (Wildman–Crippen MR) is 123 cm³/mol. The summed E-state index contributed by atoms with van der Waals surface area (Å²) < 4.78 is 11.7. The lowest BCUT2D eigenvalue weighted by atomic mass is 9.75. The summed E-state index contributed by atoms with van der Waals surface area (Å²) in [5.41, 5.74) is 3.56. The minimum Gasteiger partial charge on any atom is -0.493 e. The molecular formula is C26H33N3O3. The van der Waals surface area contributed by atoms with Crippen molar-refractivity contribution in [3.63, 3.8) is 0 Å². The molecule has 170 valence electrons. The van der Waals surface area contributed by atoms with Gasteiger partial charge in [-0.2, -0.15) is 0 Å². The average Bonchev–Trinajstić information content (AvgIpc) is 2.79. The minimum atomic E-state index is 0.111. The van der Waals surface area contributed by atoms with Crippen LogP contribution in [0.15, 0.2) is 42.7 Å². The van der Waals surface area contributed by atoms with E-state index in [1.165, 1.54) is 5.56 Å². The van der Waals surface area contributed by atoms with Gasteiger partial charge in [0.15, 0.2) is 0 Å². The van der Waals surface area contributed by atoms with Crippen LogP contribution in [0.25, 0.3) is 0 Å². The number of aryl methyl sites for hydroxylation is 1. The van der Waals surface area contributed by atoms with Crippen molar-refractivity contribution in [1.29, 1.82) is 0 Å². The van der Waals surface area contributed by atoms with E-state index in [1.807, 2.05) is 35.4 Å². The number of fused-ring (bicyclic) bond motifs is 1. The number of benzene rings is 1. The van der Waals surface area contributed by atoms with Crippen LogP contribution in [0.2, 0.25) is 0 Å². The number of ether oxygens (including phenoxy) is 2. The number of carbonyl (C=O) groups excluding carboxylic acids is 1. The Hall–Kier alpha value is -2.44. The van der Waals surface area contributed by atoms with E-state index in [-0.39, 0.29) is 11.4 Å². The molecule has 32 heavy (non-hydrogen) atoms. The van der Waals surface area contributed by atoms with E-state index >= 15 is 0 Å². The third-order valence-electron chi connectivity index (χ3n) is 7.35. The number of piperidine rings is 1. The van der Waals surface area contributed by atoms with Crippen molar-refractivity contribution in [2.24, 2.45) is 5.92 Å². The zero-order chi connectivity index (χ0) is 22.0. The Balaban J connectivity index is 1.12. The van der Waals surface area contributed by atoms with Gasteiger partial charge >= 0.3 is 0 Å². The van der Waals surface area contributed by atoms with Crippen molar-refractivity contribution < 1.29 is 14.3 Å². The lowest BCUT2D eigenvalue weighted by molar-refractivity contribution is -0.150. The first-order chi connectivity index (χ1) is 15.6. The second kappa shape index (κ2) is 9.20. The number of hydrogen-bond donors (Lipinski definition) is 0. The first kappa shape index (κ1) is 21.4. The smallest absolute Gasteiger partial charge is 0.227 e. The number of aromatic nitrogens is 1. The summed E-state index contributed by atoms with van der Waals surface area (Å²) in [6.07, 6.45) is 8.46. The van der Waals surface area contributed by atoms with Gasteiger partial charge in [0.1, 0.15) is 5.75 Å². The predicted octanol–water partition coefficient (Wildman–Crippen LogP) is 3.09. The third-order valence-corrected chi connectivity index (χ3v) is 7.35. The van der Waals surface area contributed by atoms with Gasteiger partial charge in [-0.25, -0.2) is 0 Å². The summed E-state index contributed by atoms with van der Waals surface area (Å²) in [5.74, 6) is 1.76. The van der Waals surface area contributed by atoms with Crippen LogP contribution in [0.5, 0.6) is 5.75 Å². The van der Waals surface area contributed by atoms with Gasteiger partial charge in [-0.15, -0.1) is 0 Å². The van der Waals surface area contributed by atoms with Crippen LogP contribution in [0.3, 0.4) is 0 Å². The number of pyridine rings is 1. The molecule has 0 radical (unpaired) electrons. The number of amides is 1. The van der Waals surface area contributed by atoms with Crippen LogP contribution in [0.1, 0.15) is 36.0 Å². The summed E-state index contributed by atoms with van der Waals surface area (Å²) in [5, 5.41) is 0. The summed E-state index contributed by atoms with van der Waals surface area (Å²) in [7, 11) is 2.21. The Bertz CT molecular complexity index is 943. The fourth-order valence-corrected chi connectivity index (χ4v) is 5.40. The van der Waals surface area contributed by atoms with Gasteiger partial charge in [-0.3, -0.25) is 14.7 Å². The Labute approximate surface area is 190 Å². The van der Waals surface area contributed by atoms with Crippen LogP contribution in [0, 0.1) is 5.92 Å². The van der Waals surface area contributed by atoms with E-state index in [4.69, 9.17) is 9.47 Å². The van der Waals surface area contributed by atoms with E-state index in [2.05, 4.69) is 23.0 Å². The lowest BCUT2D eigenvalue weighted by Crippen LogP contribution is -2.72. The maximum Gasteiger partial charge on any atom is 0.227 e. The van der Waals surface area contributed by atoms with Gasteiger partial charge in [0, 0.05) is 32.1 Å². The van der Waals surface area contributed by atoms with Gasteiger partial charge < -0.3 is 14.4 Å². The molecule has 1 amide bonds. The molecule has 2 aromatic rings. The standard InChI is InChI=1S/C26H33N3O3/c1-28-10-8-21(16-31-17-22-4-2-9-27-15-22)14-26(28)18-29(19-26)25(30)13-20-6-7-24-23(12-20)5-3-11-32-24/h2,4,6-7,9,12,15,21H,3,5,8,10-11,13-14,16-19H2,1H3/t21-/m1/s1. The van der Waals surface area contributed by atoms with Gasteiger partial charge in [-0.05, 0) is 74.0 Å². The Kier molecular flexibility index (Phi) is 6.15. The number of likely N-dealkylation sites (N-methyl/N-ethyl adjacent to an activating group) is 1. The van der Waals surface area contributed by atoms with Crippen LogP contribution < -0.4 is 4.74 Å². The highest BCUT2D eigenvalue weighted by molar-refractivity contribution is 5.80. The second-order valence-electron chi connectivity index (χ2n) is 9.70. The molecule has 2 saturated heterocycles. The summed E-state index contributed by atoms with van der Waals surface area (Å²) in [4.78, 5) is 21.6. The molecule has 1 aromatic carbocycles. The Morgan fingerprint density at radius 1 is 1.28 bits per heavy atom. The quantitative estimate of drug-likeness (QED) is 0.698. The Morgan fingerprint density at radius 3 is 3.03 bits per heavy atom. The van der Waals surface area contributed by atoms with Gasteiger partial charge in [0.2, 0.25) is 5.91 Å². The molecule has 3 aliphatic rings. The van der Waals surface area contributed by atoms with Crippen LogP contribution in [-0.2, 0) is 29.0 Å². The molecule has 6 nitrogen and oxygen atoms in total. The third kappa shape index (κ3) is 4.52. The number of rotatable bonds is 6. The molecule has 2 fully saturated rings. The normalized spacial score (nSPS) is 22.2. The lowest BCUT2D eigenvalue weighted by Gasteiger charge is -2.58. The van der Waals surface area contributed by atoms with Crippen molar-refractivity contribution in [3.05, 3.63) is 59.4 Å². The van der Waals surface area contributed by atoms with Gasteiger partial charge in [0.05, 0.1) is 25.2 Å². The molecule has 4 heterocycles. The van der Waals surface area contributed by atoms with E-state index < -0.39 is 0 Å². The topological polar surface area (TPSA) is 54.9 Å². The fourth-order valence-electron chi connectivity index (χ4n) is 5.40. The van der Waals surface area contributed by atoms with Gasteiger partial charge in [-0.1, -0.05) is 18.2 Å². The zero-order valence-corrected chi connectivity index (χ0v) is 19.0. The highest BCUT2D eigenvalue weighted by Crippen LogP contribution is 2.38. The van der Waals surface area contributed by atoms with E-state index in [0.29, 0.717) is 18.9 Å². The second-order valence-corrected chi connectivity index (χ2v) is 9.70. The van der Waals surface area contributed by atoms with Gasteiger partial charge in [0.25, 0.3) is 0 Å². The number of nitrogens with zero attached hydrogens (tertiary/aromatic N) is 3. The SMILES string of the molecule is CN1CC[C@@H](COCc2cccnc2)CC12CN(C(=O)Cc1ccc3c(c1)CCCO3)C2. The maximum atomic E-state index is 13.0. The monoisotopic (exact) mass is 435 g/mol. The molecule has 3 aliphatic heterocycles. The largest absolute Gasteiger partial charge is 0.493 e. The van der Waals surface area contributed by atoms with Crippen molar-refractivity contribution >= 4 is 5.91 Å². The minimum absolute atomic E-state index is 0.111. The molecule has 5 rings (SSSR count). The summed E-state index contributed by atoms with van der Waals surface area (Å²) >= 11 is 0. The molecule has 6 heteroatoms. The van der Waals surface area contributed by atoms with Crippen molar-refractivity contribution in [2.75, 3.05) is 39.9 Å². The molecule has 0 unspecified atom stereocenters. The van der Waals surface area contributed by atoms with Crippen molar-refractivity contribution in [3.8, 4) is 5.75 Å². The Morgan fingerprint density at radius 2 is 2.19 bits per heavy atom. The molecule has 0 saturated carbocycles. The fraction of sp³-hybridized carbons (Fsp3) is 0.538. The summed E-state index contributed by atoms with van der Waals surface area (Å²) in [6.45, 7) is 4.90. The van der Waals surface area contributed by atoms with Crippen LogP contribution >= 0.6 is 0 Å². The van der Waals surface area contributed by atoms with E-state index in [0.717, 1.165) is 75.4 Å². The highest BCUT2D eigenvalue weighted by Gasteiger charge is 2.50. The van der Waals surface area contributed by atoms with Crippen LogP contribution in [-0.4, -0.2) is 66.1 Å². The van der Waals surface area contributed by atoms with E-state index in [1.54, 1.807) is 6.20 Å². The summed E-state index contributed by atoms with van der Waals surface area (Å²) in [6, 6.07) is 10.2. The zero-order valence-electron chi connectivity index (χ0n) is 19.0. The molecule has 0 aliphatic carbocycles.